The summed E-state index contributed by atoms with van der Waals surface area (Å²) in [6.45, 7) is 6.09. The van der Waals surface area contributed by atoms with E-state index in [4.69, 9.17) is 10.5 Å². The minimum atomic E-state index is 0.317. The molecule has 0 aromatic rings. The highest BCUT2D eigenvalue weighted by Gasteiger charge is 2.40. The van der Waals surface area contributed by atoms with Crippen molar-refractivity contribution >= 4 is 0 Å². The molecule has 1 atom stereocenters. The van der Waals surface area contributed by atoms with Crippen LogP contribution in [0, 0.1) is 0 Å². The van der Waals surface area contributed by atoms with Gasteiger partial charge in [-0.05, 0) is 19.3 Å². The molecule has 2 aliphatic rings. The fourth-order valence-corrected chi connectivity index (χ4v) is 3.08. The molecule has 0 aromatic heterocycles. The van der Waals surface area contributed by atoms with Crippen LogP contribution < -0.4 is 5.73 Å². The summed E-state index contributed by atoms with van der Waals surface area (Å²) >= 11 is 0. The molecule has 0 spiro atoms. The van der Waals surface area contributed by atoms with Crippen molar-refractivity contribution in [1.29, 1.82) is 0 Å². The summed E-state index contributed by atoms with van der Waals surface area (Å²) in [6, 6.07) is 0. The van der Waals surface area contributed by atoms with Crippen molar-refractivity contribution in [3.63, 3.8) is 0 Å². The first-order chi connectivity index (χ1) is 7.30. The number of nitrogens with zero attached hydrogens (tertiary/aromatic N) is 1. The van der Waals surface area contributed by atoms with Crippen molar-refractivity contribution in [3.05, 3.63) is 0 Å². The lowest BCUT2D eigenvalue weighted by atomic mass is 9.94. The standard InChI is InChI=1S/C12H24N2O/c1-2-11-9-14(7-8-15-11)12(10-13)5-3-4-6-12/h11H,2-10,13H2,1H3. The number of hydrogen-bond donors (Lipinski definition) is 1. The van der Waals surface area contributed by atoms with Crippen LogP contribution in [0.2, 0.25) is 0 Å². The highest BCUT2D eigenvalue weighted by atomic mass is 16.5. The van der Waals surface area contributed by atoms with E-state index in [-0.39, 0.29) is 0 Å². The zero-order valence-electron chi connectivity index (χ0n) is 9.87. The topological polar surface area (TPSA) is 38.5 Å². The van der Waals surface area contributed by atoms with Gasteiger partial charge in [-0.3, -0.25) is 4.90 Å². The van der Waals surface area contributed by atoms with Crippen LogP contribution in [0.3, 0.4) is 0 Å². The van der Waals surface area contributed by atoms with Gasteiger partial charge >= 0.3 is 0 Å². The maximum Gasteiger partial charge on any atom is 0.0700 e. The van der Waals surface area contributed by atoms with Gasteiger partial charge in [-0.2, -0.15) is 0 Å². The third kappa shape index (κ3) is 2.19. The first-order valence-electron chi connectivity index (χ1n) is 6.37. The Bertz CT molecular complexity index is 202. The van der Waals surface area contributed by atoms with Gasteiger partial charge in [0.25, 0.3) is 0 Å². The molecule has 1 heterocycles. The predicted octanol–water partition coefficient (Wildman–Crippen LogP) is 1.37. The van der Waals surface area contributed by atoms with Crippen molar-refractivity contribution in [2.24, 2.45) is 5.73 Å². The third-order valence-electron chi connectivity index (χ3n) is 4.18. The summed E-state index contributed by atoms with van der Waals surface area (Å²) in [4.78, 5) is 2.61. The average Bonchev–Trinajstić information content (AvgIpc) is 2.79. The molecule has 3 nitrogen and oxygen atoms in total. The Hall–Kier alpha value is -0.120. The number of morpholine rings is 1. The van der Waals surface area contributed by atoms with Gasteiger partial charge in [0.1, 0.15) is 0 Å². The van der Waals surface area contributed by atoms with Crippen molar-refractivity contribution in [1.82, 2.24) is 4.90 Å². The van der Waals surface area contributed by atoms with Crippen LogP contribution in [0.1, 0.15) is 39.0 Å². The molecule has 1 saturated carbocycles. The second kappa shape index (κ2) is 4.81. The molecule has 0 amide bonds. The van der Waals surface area contributed by atoms with Crippen LogP contribution in [0.15, 0.2) is 0 Å². The Morgan fingerprint density at radius 2 is 2.13 bits per heavy atom. The minimum absolute atomic E-state index is 0.317. The van der Waals surface area contributed by atoms with E-state index in [1.54, 1.807) is 0 Å². The third-order valence-corrected chi connectivity index (χ3v) is 4.18. The Labute approximate surface area is 93.0 Å². The molecule has 3 heteroatoms. The quantitative estimate of drug-likeness (QED) is 0.768. The Morgan fingerprint density at radius 3 is 2.73 bits per heavy atom. The molecule has 0 radical (unpaired) electrons. The summed E-state index contributed by atoms with van der Waals surface area (Å²) in [6.07, 6.45) is 6.84. The zero-order chi connectivity index (χ0) is 10.7. The molecule has 15 heavy (non-hydrogen) atoms. The fraction of sp³-hybridized carbons (Fsp3) is 1.00. The van der Waals surface area contributed by atoms with E-state index in [0.717, 1.165) is 32.7 Å². The molecule has 1 aliphatic heterocycles. The van der Waals surface area contributed by atoms with E-state index in [1.807, 2.05) is 0 Å². The summed E-state index contributed by atoms with van der Waals surface area (Å²) in [5.41, 5.74) is 6.32. The lowest BCUT2D eigenvalue weighted by Gasteiger charge is -2.45. The lowest BCUT2D eigenvalue weighted by molar-refractivity contribution is -0.0677. The van der Waals surface area contributed by atoms with Crippen LogP contribution in [-0.4, -0.2) is 42.8 Å². The number of hydrogen-bond acceptors (Lipinski definition) is 3. The van der Waals surface area contributed by atoms with Crippen molar-refractivity contribution in [3.8, 4) is 0 Å². The predicted molar refractivity (Wildman–Crippen MR) is 61.9 cm³/mol. The lowest BCUT2D eigenvalue weighted by Crippen LogP contribution is -2.57. The molecular weight excluding hydrogens is 188 g/mol. The van der Waals surface area contributed by atoms with Gasteiger partial charge in [0.05, 0.1) is 12.7 Å². The van der Waals surface area contributed by atoms with Crippen LogP contribution >= 0.6 is 0 Å². The minimum Gasteiger partial charge on any atom is -0.376 e. The smallest absolute Gasteiger partial charge is 0.0700 e. The Balaban J connectivity index is 2.01. The maximum atomic E-state index is 6.00. The van der Waals surface area contributed by atoms with Crippen LogP contribution in [0.25, 0.3) is 0 Å². The molecule has 2 N–H and O–H groups in total. The Kier molecular flexibility index (Phi) is 3.65. The number of ether oxygens (including phenoxy) is 1. The molecule has 2 fully saturated rings. The normalized spacial score (nSPS) is 32.0. The van der Waals surface area contributed by atoms with Crippen LogP contribution in [-0.2, 0) is 4.74 Å². The summed E-state index contributed by atoms with van der Waals surface area (Å²) < 4.78 is 5.72. The number of nitrogens with two attached hydrogens (primary N) is 1. The fourth-order valence-electron chi connectivity index (χ4n) is 3.08. The molecule has 0 bridgehead atoms. The molecule has 1 saturated heterocycles. The van der Waals surface area contributed by atoms with Crippen LogP contribution in [0.4, 0.5) is 0 Å². The van der Waals surface area contributed by atoms with E-state index in [1.165, 1.54) is 25.7 Å². The van der Waals surface area contributed by atoms with E-state index in [0.29, 0.717) is 11.6 Å². The first kappa shape index (κ1) is 11.4. The molecule has 1 unspecified atom stereocenters. The van der Waals surface area contributed by atoms with E-state index in [9.17, 15) is 0 Å². The first-order valence-corrected chi connectivity index (χ1v) is 6.37. The van der Waals surface area contributed by atoms with Gasteiger partial charge < -0.3 is 10.5 Å². The zero-order valence-corrected chi connectivity index (χ0v) is 9.87. The van der Waals surface area contributed by atoms with Gasteiger partial charge in [-0.15, -0.1) is 0 Å². The summed E-state index contributed by atoms with van der Waals surface area (Å²) in [5, 5.41) is 0. The van der Waals surface area contributed by atoms with E-state index < -0.39 is 0 Å². The van der Waals surface area contributed by atoms with Crippen molar-refractivity contribution in [2.45, 2.75) is 50.7 Å². The highest BCUT2D eigenvalue weighted by molar-refractivity contribution is 4.97. The van der Waals surface area contributed by atoms with Gasteiger partial charge in [-0.1, -0.05) is 19.8 Å². The van der Waals surface area contributed by atoms with Crippen molar-refractivity contribution < 1.29 is 4.74 Å². The molecule has 1 aliphatic carbocycles. The molecular formula is C12H24N2O. The second-order valence-corrected chi connectivity index (χ2v) is 4.98. The molecule has 2 rings (SSSR count). The second-order valence-electron chi connectivity index (χ2n) is 4.98. The molecule has 0 aromatic carbocycles. The van der Waals surface area contributed by atoms with E-state index in [2.05, 4.69) is 11.8 Å². The summed E-state index contributed by atoms with van der Waals surface area (Å²) in [5.74, 6) is 0. The van der Waals surface area contributed by atoms with Gasteiger partial charge in [0, 0.05) is 25.2 Å². The average molecular weight is 212 g/mol. The van der Waals surface area contributed by atoms with Crippen molar-refractivity contribution in [2.75, 3.05) is 26.2 Å². The monoisotopic (exact) mass is 212 g/mol. The Morgan fingerprint density at radius 1 is 1.40 bits per heavy atom. The van der Waals surface area contributed by atoms with Crippen LogP contribution in [0.5, 0.6) is 0 Å². The maximum absolute atomic E-state index is 6.00. The van der Waals surface area contributed by atoms with Gasteiger partial charge in [0.15, 0.2) is 0 Å². The molecule has 88 valence electrons. The van der Waals surface area contributed by atoms with Gasteiger partial charge in [0.2, 0.25) is 0 Å². The number of rotatable bonds is 3. The SMILES string of the molecule is CCC1CN(C2(CN)CCCC2)CCO1. The summed E-state index contributed by atoms with van der Waals surface area (Å²) in [7, 11) is 0. The highest BCUT2D eigenvalue weighted by Crippen LogP contribution is 2.35. The largest absolute Gasteiger partial charge is 0.376 e. The van der Waals surface area contributed by atoms with E-state index >= 15 is 0 Å². The van der Waals surface area contributed by atoms with Gasteiger partial charge in [-0.25, -0.2) is 0 Å².